The van der Waals surface area contributed by atoms with Crippen molar-refractivity contribution in [1.29, 1.82) is 0 Å². The van der Waals surface area contributed by atoms with Crippen molar-refractivity contribution >= 4 is 10.8 Å². The number of aliphatic hydroxyl groups is 2. The lowest BCUT2D eigenvalue weighted by molar-refractivity contribution is 0.000913. The molecule has 0 bridgehead atoms. The quantitative estimate of drug-likeness (QED) is 0.529. The topological polar surface area (TPSA) is 52.5 Å². The van der Waals surface area contributed by atoms with E-state index in [0.29, 0.717) is 6.54 Å². The molecule has 26 heavy (non-hydrogen) atoms. The molecule has 3 nitrogen and oxygen atoms in total. The summed E-state index contributed by atoms with van der Waals surface area (Å²) in [6.45, 7) is 0.648. The normalized spacial score (nSPS) is 24.0. The minimum atomic E-state index is -0.472. The third kappa shape index (κ3) is 2.39. The Balaban J connectivity index is 1.52. The number of aliphatic hydroxyl groups excluding tert-OH is 2. The predicted octanol–water partition coefficient (Wildman–Crippen LogP) is 3.85. The Morgan fingerprint density at radius 2 is 1.42 bits per heavy atom. The molecule has 132 valence electrons. The van der Waals surface area contributed by atoms with Crippen LogP contribution in [0.25, 0.3) is 33.0 Å². The Hall–Kier alpha value is -2.20. The van der Waals surface area contributed by atoms with E-state index in [1.165, 1.54) is 38.6 Å². The first-order valence-corrected chi connectivity index (χ1v) is 9.48. The molecule has 5 rings (SSSR count). The van der Waals surface area contributed by atoms with Crippen LogP contribution < -0.4 is 5.32 Å². The number of hydrogen-bond acceptors (Lipinski definition) is 3. The molecule has 0 unspecified atom stereocenters. The van der Waals surface area contributed by atoms with Gasteiger partial charge in [0.15, 0.2) is 0 Å². The zero-order chi connectivity index (χ0) is 17.7. The maximum atomic E-state index is 10.2. The number of nitrogens with one attached hydrogen (secondary N) is 1. The Labute approximate surface area is 153 Å². The Morgan fingerprint density at radius 1 is 0.769 bits per heavy atom. The smallest absolute Gasteiger partial charge is 0.0718 e. The molecule has 0 radical (unpaired) electrons. The van der Waals surface area contributed by atoms with E-state index in [1.807, 2.05) is 0 Å². The molecule has 0 spiro atoms. The van der Waals surface area contributed by atoms with Crippen molar-refractivity contribution < 1.29 is 10.2 Å². The molecule has 1 fully saturated rings. The summed E-state index contributed by atoms with van der Waals surface area (Å²) in [6.07, 6.45) is 1.46. The Morgan fingerprint density at radius 3 is 2.15 bits per heavy atom. The Bertz CT molecular complexity index is 942. The minimum absolute atomic E-state index is 0.246. The molecule has 0 heterocycles. The molecule has 1 saturated carbocycles. The molecule has 2 aliphatic rings. The fourth-order valence-electron chi connectivity index (χ4n) is 4.67. The van der Waals surface area contributed by atoms with Gasteiger partial charge in [0, 0.05) is 6.54 Å². The molecular weight excluding hydrogens is 322 g/mol. The third-order valence-corrected chi connectivity index (χ3v) is 6.00. The van der Waals surface area contributed by atoms with Gasteiger partial charge in [0.25, 0.3) is 0 Å². The SMILES string of the molecule is O[C@@H]1CCC[C@H](O)[C@H]1NCc1ccc2c3c(cccc13)-c1ccccc1-2. The first-order valence-electron chi connectivity index (χ1n) is 9.48. The second-order valence-electron chi connectivity index (χ2n) is 7.52. The van der Waals surface area contributed by atoms with Crippen molar-refractivity contribution in [3.63, 3.8) is 0 Å². The van der Waals surface area contributed by atoms with Crippen LogP contribution in [0.4, 0.5) is 0 Å². The van der Waals surface area contributed by atoms with Gasteiger partial charge < -0.3 is 15.5 Å². The second kappa shape index (κ2) is 6.20. The van der Waals surface area contributed by atoms with Crippen LogP contribution in [0.5, 0.6) is 0 Å². The molecule has 0 aromatic heterocycles. The first kappa shape index (κ1) is 16.0. The number of rotatable bonds is 3. The molecule has 0 aliphatic heterocycles. The van der Waals surface area contributed by atoms with Crippen molar-refractivity contribution in [2.45, 2.75) is 44.1 Å². The summed E-state index contributed by atoms with van der Waals surface area (Å²) in [5.41, 5.74) is 6.41. The van der Waals surface area contributed by atoms with E-state index in [9.17, 15) is 10.2 Å². The average molecular weight is 345 g/mol. The zero-order valence-corrected chi connectivity index (χ0v) is 14.7. The van der Waals surface area contributed by atoms with E-state index >= 15 is 0 Å². The zero-order valence-electron chi connectivity index (χ0n) is 14.7. The van der Waals surface area contributed by atoms with Crippen molar-refractivity contribution in [3.8, 4) is 22.3 Å². The van der Waals surface area contributed by atoms with Crippen molar-refractivity contribution in [3.05, 3.63) is 60.2 Å². The molecule has 0 amide bonds. The first-order chi connectivity index (χ1) is 12.7. The lowest BCUT2D eigenvalue weighted by atomic mass is 9.89. The van der Waals surface area contributed by atoms with Crippen LogP contribution in [0.2, 0.25) is 0 Å². The van der Waals surface area contributed by atoms with Gasteiger partial charge in [-0.3, -0.25) is 0 Å². The summed E-state index contributed by atoms with van der Waals surface area (Å²) >= 11 is 0. The van der Waals surface area contributed by atoms with Gasteiger partial charge in [-0.05, 0) is 57.9 Å². The van der Waals surface area contributed by atoms with Crippen molar-refractivity contribution in [2.24, 2.45) is 0 Å². The van der Waals surface area contributed by atoms with Crippen LogP contribution in [-0.2, 0) is 6.54 Å². The molecule has 3 aromatic rings. The molecule has 3 N–H and O–H groups in total. The second-order valence-corrected chi connectivity index (χ2v) is 7.52. The van der Waals surface area contributed by atoms with E-state index < -0.39 is 12.2 Å². The summed E-state index contributed by atoms with van der Waals surface area (Å²) in [6, 6.07) is 19.2. The van der Waals surface area contributed by atoms with Crippen molar-refractivity contribution in [2.75, 3.05) is 0 Å². The molecule has 3 aromatic carbocycles. The monoisotopic (exact) mass is 345 g/mol. The van der Waals surface area contributed by atoms with Gasteiger partial charge in [0.05, 0.1) is 18.2 Å². The van der Waals surface area contributed by atoms with Gasteiger partial charge in [-0.2, -0.15) is 0 Å². The van der Waals surface area contributed by atoms with Crippen LogP contribution in [0.3, 0.4) is 0 Å². The summed E-state index contributed by atoms with van der Waals surface area (Å²) in [7, 11) is 0. The molecule has 2 aliphatic carbocycles. The standard InChI is InChI=1S/C23H23NO2/c25-20-9-4-10-21(26)23(20)24-13-14-11-12-19-17-6-2-1-5-16(17)18-8-3-7-15(14)22(18)19/h1-3,5-8,11-12,20-21,23-26H,4,9-10,13H2/t20-,21+,23+. The van der Waals surface area contributed by atoms with E-state index in [1.54, 1.807) is 0 Å². The fraction of sp³-hybridized carbons (Fsp3) is 0.304. The minimum Gasteiger partial charge on any atom is -0.391 e. The average Bonchev–Trinajstić information content (AvgIpc) is 2.99. The van der Waals surface area contributed by atoms with E-state index in [2.05, 4.69) is 59.9 Å². The van der Waals surface area contributed by atoms with E-state index in [0.717, 1.165) is 19.3 Å². The maximum Gasteiger partial charge on any atom is 0.0718 e. The molecule has 0 saturated heterocycles. The lowest BCUT2D eigenvalue weighted by Gasteiger charge is -2.33. The highest BCUT2D eigenvalue weighted by Gasteiger charge is 2.30. The van der Waals surface area contributed by atoms with Crippen LogP contribution in [0, 0.1) is 0 Å². The maximum absolute atomic E-state index is 10.2. The van der Waals surface area contributed by atoms with Crippen LogP contribution in [0.1, 0.15) is 24.8 Å². The molecular formula is C23H23NO2. The molecule has 3 atom stereocenters. The van der Waals surface area contributed by atoms with E-state index in [-0.39, 0.29) is 6.04 Å². The van der Waals surface area contributed by atoms with Crippen LogP contribution in [0.15, 0.2) is 54.6 Å². The Kier molecular flexibility index (Phi) is 3.82. The summed E-state index contributed by atoms with van der Waals surface area (Å²) in [5.74, 6) is 0. The number of fused-ring (bicyclic) bond motifs is 3. The van der Waals surface area contributed by atoms with Gasteiger partial charge >= 0.3 is 0 Å². The van der Waals surface area contributed by atoms with Crippen LogP contribution in [-0.4, -0.2) is 28.5 Å². The fourth-order valence-corrected chi connectivity index (χ4v) is 4.67. The summed E-state index contributed by atoms with van der Waals surface area (Å²) in [5, 5.41) is 26.4. The van der Waals surface area contributed by atoms with Gasteiger partial charge in [-0.25, -0.2) is 0 Å². The van der Waals surface area contributed by atoms with Gasteiger partial charge in [0.2, 0.25) is 0 Å². The predicted molar refractivity (Wildman–Crippen MR) is 105 cm³/mol. The molecule has 3 heteroatoms. The summed E-state index contributed by atoms with van der Waals surface area (Å²) in [4.78, 5) is 0. The summed E-state index contributed by atoms with van der Waals surface area (Å²) < 4.78 is 0. The highest BCUT2D eigenvalue weighted by molar-refractivity contribution is 6.15. The largest absolute Gasteiger partial charge is 0.391 e. The van der Waals surface area contributed by atoms with Gasteiger partial charge in [-0.15, -0.1) is 0 Å². The third-order valence-electron chi connectivity index (χ3n) is 6.00. The highest BCUT2D eigenvalue weighted by Crippen LogP contribution is 2.47. The van der Waals surface area contributed by atoms with Gasteiger partial charge in [0.1, 0.15) is 0 Å². The van der Waals surface area contributed by atoms with Crippen molar-refractivity contribution in [1.82, 2.24) is 5.32 Å². The van der Waals surface area contributed by atoms with E-state index in [4.69, 9.17) is 0 Å². The van der Waals surface area contributed by atoms with Crippen LogP contribution >= 0.6 is 0 Å². The number of hydrogen-bond donors (Lipinski definition) is 3. The van der Waals surface area contributed by atoms with Gasteiger partial charge in [-0.1, -0.05) is 54.6 Å². The highest BCUT2D eigenvalue weighted by atomic mass is 16.3. The lowest BCUT2D eigenvalue weighted by Crippen LogP contribution is -2.50. The number of benzene rings is 3.